The summed E-state index contributed by atoms with van der Waals surface area (Å²) in [6.07, 6.45) is 1.01. The highest BCUT2D eigenvalue weighted by Crippen LogP contribution is 2.44. The van der Waals surface area contributed by atoms with Crippen LogP contribution in [0.5, 0.6) is 11.5 Å². The number of aliphatic carboxylic acids is 2. The van der Waals surface area contributed by atoms with Crippen LogP contribution >= 0.6 is 11.8 Å². The Labute approximate surface area is 663 Å². The molecule has 38 heteroatoms. The Morgan fingerprint density at radius 2 is 1.14 bits per heavy atom. The number of pyridine rings is 4. The Morgan fingerprint density at radius 3 is 1.67 bits per heavy atom. The monoisotopic (exact) mass is 1610 g/mol. The summed E-state index contributed by atoms with van der Waals surface area (Å²) in [5, 5.41) is 61.8. The van der Waals surface area contributed by atoms with Crippen molar-refractivity contribution in [1.82, 2.24) is 79.3 Å². The van der Waals surface area contributed by atoms with Crippen molar-refractivity contribution >= 4 is 99.0 Å². The van der Waals surface area contributed by atoms with E-state index < -0.39 is 114 Å². The van der Waals surface area contributed by atoms with Gasteiger partial charge in [0.15, 0.2) is 0 Å². The standard InChI is InChI=1S/C78H80N16O21S/c1-7-48-50-24-45(95)14-16-58(50)81-68-53(48)33-93-60(68)27-52-55(71(93)104)39-112-74(108)70(52)114-76(110)79-29-43-31-91(85-83-43)20-18-89(63(98)23-42-12-10-41(11-13-42)22-47(97)26-62(116-6)73(106)107)36-64(99)87(4)35-66(101)90(37-65(100)88(5)38-67(102)103)19-21-92-32-44(84-86-92)30-80-77(111)115-78(9-3)57-28-61-69-54(34-94(61)72(105)56(57)40-113-75(78)109)49(8-2)51-25-46(96)15-17-59(51)82-69/h10-17,24-25,27-28,31-32,62,70,95-96H,7-9,18-23,26,29-30,33-40H2,1-6H3,(H,79,110)(H,80,111)(H,102,103)(H,106,107)/t62?,70-,78-/m0/s1. The van der Waals surface area contributed by atoms with Gasteiger partial charge in [0.05, 0.1) is 123 Å². The number of aromatic hydroxyl groups is 2. The Morgan fingerprint density at radius 1 is 0.621 bits per heavy atom. The number of hydrogen-bond donors (Lipinski definition) is 6. The summed E-state index contributed by atoms with van der Waals surface area (Å²) in [4.78, 5) is 190. The first-order valence-corrected chi connectivity index (χ1v) is 38.3. The summed E-state index contributed by atoms with van der Waals surface area (Å²) in [5.74, 6) is -7.43. The van der Waals surface area contributed by atoms with Crippen LogP contribution in [0.4, 0.5) is 9.59 Å². The van der Waals surface area contributed by atoms with Crippen LogP contribution in [0, 0.1) is 0 Å². The van der Waals surface area contributed by atoms with E-state index in [2.05, 4.69) is 31.3 Å². The van der Waals surface area contributed by atoms with Crippen molar-refractivity contribution in [3.8, 4) is 34.3 Å². The number of carbonyl (C=O) groups is 11. The molecule has 0 saturated heterocycles. The number of Topliss-reactive ketones (excluding diaryl/α,β-unsaturated/α-hetero) is 1. The lowest BCUT2D eigenvalue weighted by Gasteiger charge is -2.35. The smallest absolute Gasteiger partial charge is 0.408 e. The molecule has 0 fully saturated rings. The number of phenolic OH excluding ortho intramolecular Hbond substituents is 2. The van der Waals surface area contributed by atoms with Crippen LogP contribution in [0.1, 0.15) is 107 Å². The molecule has 4 aliphatic heterocycles. The second kappa shape index (κ2) is 33.7. The lowest BCUT2D eigenvalue weighted by atomic mass is 9.85. The Hall–Kier alpha value is -13.4. The number of esters is 2. The molecule has 13 rings (SSSR count). The molecule has 1 unspecified atom stereocenters. The molecule has 0 radical (unpaired) electrons. The van der Waals surface area contributed by atoms with E-state index >= 15 is 0 Å². The Kier molecular flexibility index (Phi) is 23.4. The maximum absolute atomic E-state index is 14.4. The van der Waals surface area contributed by atoms with Gasteiger partial charge in [-0.15, -0.1) is 22.0 Å². The summed E-state index contributed by atoms with van der Waals surface area (Å²) < 4.78 is 28.1. The van der Waals surface area contributed by atoms with Gasteiger partial charge in [-0.3, -0.25) is 52.5 Å². The van der Waals surface area contributed by atoms with E-state index in [1.54, 1.807) is 73.8 Å². The summed E-state index contributed by atoms with van der Waals surface area (Å²) in [7, 11) is 2.51. The van der Waals surface area contributed by atoms with Crippen molar-refractivity contribution in [3.63, 3.8) is 0 Å². The minimum Gasteiger partial charge on any atom is -0.508 e. The lowest BCUT2D eigenvalue weighted by molar-refractivity contribution is -0.172. The third kappa shape index (κ3) is 16.7. The number of likely N-dealkylation sites (N-methyl/N-ethyl adjacent to an activating group) is 2. The number of nitrogens with one attached hydrogen (secondary N) is 2. The highest BCUT2D eigenvalue weighted by atomic mass is 32.2. The van der Waals surface area contributed by atoms with Crippen molar-refractivity contribution < 1.29 is 92.1 Å². The molecule has 604 valence electrons. The fraction of sp³-hybridized carbons (Fsp3) is 0.372. The number of cyclic esters (lactones) is 2. The minimum absolute atomic E-state index is 0.0545. The maximum Gasteiger partial charge on any atom is 0.408 e. The molecule has 0 bridgehead atoms. The van der Waals surface area contributed by atoms with Gasteiger partial charge in [0, 0.05) is 73.1 Å². The molecule has 0 saturated carbocycles. The van der Waals surface area contributed by atoms with Gasteiger partial charge in [-0.05, 0) is 96.3 Å². The number of nitrogens with zero attached hydrogens (tertiary/aromatic N) is 14. The van der Waals surface area contributed by atoms with Crippen molar-refractivity contribution in [2.24, 2.45) is 0 Å². The third-order valence-electron chi connectivity index (χ3n) is 20.9. The first kappa shape index (κ1) is 80.6. The van der Waals surface area contributed by atoms with Crippen LogP contribution in [0.2, 0.25) is 0 Å². The zero-order valence-electron chi connectivity index (χ0n) is 63.8. The van der Waals surface area contributed by atoms with E-state index in [0.29, 0.717) is 57.8 Å². The number of fused-ring (bicyclic) bond motifs is 10. The van der Waals surface area contributed by atoms with Crippen molar-refractivity contribution in [2.75, 3.05) is 59.6 Å². The Balaban J connectivity index is 0.659. The molecule has 37 nitrogen and oxygen atoms in total. The number of carbonyl (C=O) groups excluding carboxylic acids is 9. The summed E-state index contributed by atoms with van der Waals surface area (Å²) in [6.45, 7) is 1.01. The van der Waals surface area contributed by atoms with E-state index in [4.69, 9.17) is 28.9 Å². The highest BCUT2D eigenvalue weighted by molar-refractivity contribution is 7.99. The number of benzene rings is 3. The van der Waals surface area contributed by atoms with Crippen LogP contribution in [0.3, 0.4) is 0 Å². The molecule has 116 heavy (non-hydrogen) atoms. The van der Waals surface area contributed by atoms with Gasteiger partial charge in [-0.25, -0.2) is 29.1 Å². The number of thioether (sulfide) groups is 1. The largest absolute Gasteiger partial charge is 0.508 e. The summed E-state index contributed by atoms with van der Waals surface area (Å²) in [6, 6.07) is 19.3. The van der Waals surface area contributed by atoms with Gasteiger partial charge in [-0.2, -0.15) is 0 Å². The Bertz CT molecular complexity index is 5660. The van der Waals surface area contributed by atoms with Gasteiger partial charge in [0.2, 0.25) is 35.3 Å². The number of ketones is 1. The molecule has 0 aliphatic carbocycles. The predicted octanol–water partition coefficient (Wildman–Crippen LogP) is 3.42. The molecule has 6 aromatic heterocycles. The summed E-state index contributed by atoms with van der Waals surface area (Å²) >= 11 is 1.04. The van der Waals surface area contributed by atoms with E-state index in [1.807, 2.05) is 13.8 Å². The first-order valence-electron chi connectivity index (χ1n) is 37.0. The number of amides is 6. The van der Waals surface area contributed by atoms with Gasteiger partial charge in [0.25, 0.3) is 11.1 Å². The number of hydrogen-bond acceptors (Lipinski definition) is 26. The molecule has 6 amide bonds. The van der Waals surface area contributed by atoms with Gasteiger partial charge in [-0.1, -0.05) is 55.5 Å². The SMILES string of the molecule is CCc1c2c(nc3ccc(O)cc13)-c1cc3c(c(=O)n1C2)COC(=O)[C@H]3OC(=O)NCc1cn(CCN(CC(=O)N(C)CC(=O)N(CCn2cc(CNC(=O)O[C@]3(CC)C(=O)OCc4c3cc3n(c4=O)Cc4c-3nc3ccc(O)cc3c4CC)nn2)CC(=O)N(C)CC(=O)O)C(=O)Cc2ccc(CC(=O)CC(SC)C(=O)O)cc2)nn1. The van der Waals surface area contributed by atoms with E-state index in [9.17, 15) is 82.8 Å². The zero-order chi connectivity index (χ0) is 82.7. The molecule has 10 heterocycles. The van der Waals surface area contributed by atoms with E-state index in [1.165, 1.54) is 62.0 Å². The normalized spacial score (nSPS) is 15.0. The number of aromatic nitrogens is 10. The molecule has 4 aliphatic rings. The fourth-order valence-corrected chi connectivity index (χ4v) is 15.3. The topological polar surface area (TPSA) is 474 Å². The molecule has 3 aromatic carbocycles. The number of carboxylic acid groups (broad SMARTS) is 2. The average Bonchev–Trinajstić information content (AvgIpc) is 1.54. The van der Waals surface area contributed by atoms with Crippen molar-refractivity contribution in [2.45, 2.75) is 129 Å². The molecule has 3 atom stereocenters. The van der Waals surface area contributed by atoms with Crippen LogP contribution in [-0.4, -0.2) is 219 Å². The first-order chi connectivity index (χ1) is 55.5. The number of ether oxygens (including phenoxy) is 4. The lowest BCUT2D eigenvalue weighted by Crippen LogP contribution is -2.49. The van der Waals surface area contributed by atoms with Crippen molar-refractivity contribution in [3.05, 3.63) is 173 Å². The van der Waals surface area contributed by atoms with Crippen LogP contribution < -0.4 is 21.8 Å². The zero-order valence-corrected chi connectivity index (χ0v) is 64.6. The van der Waals surface area contributed by atoms with E-state index in [0.717, 1.165) is 59.5 Å². The van der Waals surface area contributed by atoms with Crippen LogP contribution in [-0.2, 0) is 146 Å². The number of rotatable bonds is 31. The quantitative estimate of drug-likeness (QED) is 0.0268. The van der Waals surface area contributed by atoms with Gasteiger partial charge >= 0.3 is 36.1 Å². The molecule has 0 spiro atoms. The van der Waals surface area contributed by atoms with Crippen molar-refractivity contribution in [1.29, 1.82) is 0 Å². The summed E-state index contributed by atoms with van der Waals surface area (Å²) in [5.41, 5.74) is 5.06. The highest BCUT2D eigenvalue weighted by Gasteiger charge is 2.51. The number of alkyl carbamates (subject to hydrolysis) is 2. The van der Waals surface area contributed by atoms with Crippen LogP contribution in [0.25, 0.3) is 44.6 Å². The second-order valence-electron chi connectivity index (χ2n) is 28.3. The molecular weight excluding hydrogens is 1530 g/mol. The number of aryl methyl sites for hydroxylation is 2. The van der Waals surface area contributed by atoms with E-state index in [-0.39, 0.29) is 142 Å². The molecular formula is C78H80N16O21S. The van der Waals surface area contributed by atoms with Gasteiger partial charge in [0.1, 0.15) is 53.7 Å². The molecule has 9 aromatic rings. The number of phenols is 2. The minimum atomic E-state index is -2.08. The molecule has 6 N–H and O–H groups in total. The fourth-order valence-electron chi connectivity index (χ4n) is 14.8. The second-order valence-corrected chi connectivity index (χ2v) is 29.3. The van der Waals surface area contributed by atoms with Gasteiger partial charge < -0.3 is 78.7 Å². The number of carboxylic acids is 2. The van der Waals surface area contributed by atoms with Crippen LogP contribution in [0.15, 0.2) is 94.8 Å². The maximum atomic E-state index is 14.4. The average molecular weight is 1610 g/mol. The predicted molar refractivity (Wildman–Crippen MR) is 409 cm³/mol. The third-order valence-corrected chi connectivity index (χ3v) is 21.8.